The Balaban J connectivity index is 1.45. The van der Waals surface area contributed by atoms with Gasteiger partial charge in [-0.05, 0) is 32.0 Å². The van der Waals surface area contributed by atoms with Gasteiger partial charge in [-0.3, -0.25) is 4.79 Å². The Morgan fingerprint density at radius 1 is 1.18 bits per heavy atom. The van der Waals surface area contributed by atoms with Crippen molar-refractivity contribution in [2.24, 2.45) is 0 Å². The van der Waals surface area contributed by atoms with E-state index in [4.69, 9.17) is 11.6 Å². The van der Waals surface area contributed by atoms with Crippen LogP contribution in [-0.2, 0) is 6.42 Å². The van der Waals surface area contributed by atoms with Crippen LogP contribution in [0, 0.1) is 13.8 Å². The highest BCUT2D eigenvalue weighted by molar-refractivity contribution is 7.17. The van der Waals surface area contributed by atoms with Gasteiger partial charge in [0.15, 0.2) is 5.82 Å². The molecule has 0 aliphatic rings. The Bertz CT molecular complexity index is 1150. The van der Waals surface area contributed by atoms with Gasteiger partial charge in [-0.25, -0.2) is 4.52 Å². The van der Waals surface area contributed by atoms with E-state index in [9.17, 15) is 4.79 Å². The molecule has 2 aromatic heterocycles. The lowest BCUT2D eigenvalue weighted by Gasteiger charge is -2.05. The van der Waals surface area contributed by atoms with Crippen molar-refractivity contribution in [1.82, 2.24) is 19.9 Å². The van der Waals surface area contributed by atoms with Gasteiger partial charge in [-0.1, -0.05) is 58.8 Å². The first-order valence-electron chi connectivity index (χ1n) is 8.97. The molecule has 0 aliphatic heterocycles. The van der Waals surface area contributed by atoms with E-state index in [1.165, 1.54) is 5.56 Å². The molecule has 0 saturated carbocycles. The zero-order valence-corrected chi connectivity index (χ0v) is 17.1. The van der Waals surface area contributed by atoms with Crippen LogP contribution in [0.4, 0.5) is 0 Å². The zero-order chi connectivity index (χ0) is 19.7. The van der Waals surface area contributed by atoms with E-state index in [-0.39, 0.29) is 5.91 Å². The highest BCUT2D eigenvalue weighted by atomic mass is 35.5. The number of nitrogens with one attached hydrogen (secondary N) is 1. The number of thiazole rings is 1. The minimum absolute atomic E-state index is 0.124. The second-order valence-corrected chi connectivity index (χ2v) is 8.12. The quantitative estimate of drug-likeness (QED) is 0.518. The molecular weight excluding hydrogens is 392 g/mol. The predicted octanol–water partition coefficient (Wildman–Crippen LogP) is 4.70. The number of hydrogen-bond donors (Lipinski definition) is 1. The zero-order valence-electron chi connectivity index (χ0n) is 15.6. The lowest BCUT2D eigenvalue weighted by atomic mass is 10.1. The van der Waals surface area contributed by atoms with Gasteiger partial charge < -0.3 is 5.32 Å². The van der Waals surface area contributed by atoms with Gasteiger partial charge in [0.25, 0.3) is 5.91 Å². The van der Waals surface area contributed by atoms with Crippen LogP contribution in [0.2, 0.25) is 5.02 Å². The van der Waals surface area contributed by atoms with E-state index in [1.807, 2.05) is 23.6 Å². The monoisotopic (exact) mass is 410 g/mol. The minimum Gasteiger partial charge on any atom is -0.352 e. The summed E-state index contributed by atoms with van der Waals surface area (Å²) in [7, 11) is 0. The Morgan fingerprint density at radius 2 is 1.96 bits per heavy atom. The number of hydrogen-bond acceptors (Lipinski definition) is 4. The van der Waals surface area contributed by atoms with Crippen LogP contribution in [0.5, 0.6) is 0 Å². The van der Waals surface area contributed by atoms with Crippen molar-refractivity contribution in [2.45, 2.75) is 20.3 Å². The molecule has 0 unspecified atom stereocenters. The molecule has 0 atom stereocenters. The van der Waals surface area contributed by atoms with Crippen LogP contribution < -0.4 is 5.32 Å². The van der Waals surface area contributed by atoms with Crippen molar-refractivity contribution in [3.8, 4) is 11.4 Å². The summed E-state index contributed by atoms with van der Waals surface area (Å²) in [6.45, 7) is 4.64. The van der Waals surface area contributed by atoms with E-state index >= 15 is 0 Å². The van der Waals surface area contributed by atoms with Gasteiger partial charge in [0, 0.05) is 34.0 Å². The number of rotatable bonds is 5. The largest absolute Gasteiger partial charge is 0.352 e. The number of carbonyl (C=O) groups is 1. The molecule has 0 bridgehead atoms. The van der Waals surface area contributed by atoms with Crippen molar-refractivity contribution < 1.29 is 4.79 Å². The summed E-state index contributed by atoms with van der Waals surface area (Å²) in [4.78, 5) is 18.9. The molecule has 2 heterocycles. The molecule has 0 radical (unpaired) electrons. The average Bonchev–Trinajstić information content (AvgIpc) is 3.22. The van der Waals surface area contributed by atoms with Gasteiger partial charge in [0.05, 0.1) is 5.69 Å². The van der Waals surface area contributed by atoms with Gasteiger partial charge >= 0.3 is 0 Å². The smallest absolute Gasteiger partial charge is 0.251 e. The second kappa shape index (κ2) is 7.73. The first kappa shape index (κ1) is 18.7. The highest BCUT2D eigenvalue weighted by Gasteiger charge is 2.14. The molecule has 0 saturated heterocycles. The number of amides is 1. The van der Waals surface area contributed by atoms with Crippen molar-refractivity contribution in [1.29, 1.82) is 0 Å². The molecule has 1 amide bonds. The van der Waals surface area contributed by atoms with Crippen LogP contribution in [0.25, 0.3) is 16.3 Å². The van der Waals surface area contributed by atoms with Crippen molar-refractivity contribution in [3.63, 3.8) is 0 Å². The first-order chi connectivity index (χ1) is 13.5. The minimum atomic E-state index is -0.124. The SMILES string of the molecule is Cc1ccc(-c2nc3sc(CCNC(=O)c4cccc(Cl)c4)c(C)n3n2)cc1. The Morgan fingerprint density at radius 3 is 2.68 bits per heavy atom. The second-order valence-electron chi connectivity index (χ2n) is 6.62. The Hall–Kier alpha value is -2.70. The topological polar surface area (TPSA) is 59.3 Å². The van der Waals surface area contributed by atoms with Crippen molar-refractivity contribution in [2.75, 3.05) is 6.54 Å². The Labute approximate surface area is 172 Å². The maximum Gasteiger partial charge on any atom is 0.251 e. The summed E-state index contributed by atoms with van der Waals surface area (Å²) in [6, 6.07) is 15.1. The van der Waals surface area contributed by atoms with E-state index in [0.29, 0.717) is 17.1 Å². The van der Waals surface area contributed by atoms with Crippen LogP contribution in [0.15, 0.2) is 48.5 Å². The van der Waals surface area contributed by atoms with Crippen LogP contribution in [0.3, 0.4) is 0 Å². The number of fused-ring (bicyclic) bond motifs is 1. The average molecular weight is 411 g/mol. The van der Waals surface area contributed by atoms with E-state index in [1.54, 1.807) is 35.6 Å². The fraction of sp³-hybridized carbons (Fsp3) is 0.190. The van der Waals surface area contributed by atoms with E-state index < -0.39 is 0 Å². The fourth-order valence-corrected chi connectivity index (χ4v) is 4.21. The normalized spacial score (nSPS) is 11.1. The van der Waals surface area contributed by atoms with Crippen LogP contribution in [0.1, 0.15) is 26.5 Å². The van der Waals surface area contributed by atoms with Gasteiger partial charge in [-0.2, -0.15) is 4.98 Å². The number of nitrogens with zero attached hydrogens (tertiary/aromatic N) is 3. The van der Waals surface area contributed by atoms with Gasteiger partial charge in [0.2, 0.25) is 4.96 Å². The summed E-state index contributed by atoms with van der Waals surface area (Å²) >= 11 is 7.55. The lowest BCUT2D eigenvalue weighted by molar-refractivity contribution is 0.0954. The number of carbonyl (C=O) groups excluding carboxylic acids is 1. The summed E-state index contributed by atoms with van der Waals surface area (Å²) in [5.74, 6) is 0.608. The molecule has 142 valence electrons. The molecule has 28 heavy (non-hydrogen) atoms. The Kier molecular flexibility index (Phi) is 5.15. The van der Waals surface area contributed by atoms with Crippen LogP contribution in [-0.4, -0.2) is 27.0 Å². The number of aromatic nitrogens is 3. The highest BCUT2D eigenvalue weighted by Crippen LogP contribution is 2.25. The molecule has 0 aliphatic carbocycles. The van der Waals surface area contributed by atoms with Crippen molar-refractivity contribution >= 4 is 33.8 Å². The molecule has 5 nitrogen and oxygen atoms in total. The predicted molar refractivity (Wildman–Crippen MR) is 113 cm³/mol. The maximum atomic E-state index is 12.2. The summed E-state index contributed by atoms with van der Waals surface area (Å²) in [5.41, 5.74) is 3.84. The molecule has 0 spiro atoms. The number of halogens is 1. The third-order valence-electron chi connectivity index (χ3n) is 4.55. The molecule has 4 rings (SSSR count). The van der Waals surface area contributed by atoms with Crippen LogP contribution >= 0.6 is 22.9 Å². The summed E-state index contributed by atoms with van der Waals surface area (Å²) < 4.78 is 1.88. The third-order valence-corrected chi connectivity index (χ3v) is 5.98. The van der Waals surface area contributed by atoms with Crippen molar-refractivity contribution in [3.05, 3.63) is 75.3 Å². The standard InChI is InChI=1S/C21H19ClN4OS/c1-13-6-8-15(9-7-13)19-24-21-26(25-19)14(2)18(28-21)10-11-23-20(27)16-4-3-5-17(22)12-16/h3-9,12H,10-11H2,1-2H3,(H,23,27). The molecular formula is C21H19ClN4OS. The van der Waals surface area contributed by atoms with Gasteiger partial charge in [0.1, 0.15) is 0 Å². The molecule has 1 N–H and O–H groups in total. The molecule has 4 aromatic rings. The number of aryl methyl sites for hydroxylation is 2. The van der Waals surface area contributed by atoms with E-state index in [0.717, 1.165) is 33.3 Å². The van der Waals surface area contributed by atoms with E-state index in [2.05, 4.69) is 34.5 Å². The molecule has 7 heteroatoms. The summed E-state index contributed by atoms with van der Waals surface area (Å²) in [6.07, 6.45) is 0.730. The fourth-order valence-electron chi connectivity index (χ4n) is 2.96. The summed E-state index contributed by atoms with van der Waals surface area (Å²) in [5, 5.41) is 8.14. The molecule has 2 aromatic carbocycles. The first-order valence-corrected chi connectivity index (χ1v) is 10.2. The maximum absolute atomic E-state index is 12.2. The van der Waals surface area contributed by atoms with Gasteiger partial charge in [-0.15, -0.1) is 5.10 Å². The lowest BCUT2D eigenvalue weighted by Crippen LogP contribution is -2.25. The molecule has 0 fully saturated rings. The number of benzene rings is 2. The third kappa shape index (κ3) is 3.79.